The average molecular weight is 356 g/mol. The molecule has 0 aliphatic carbocycles. The molecule has 2 aliphatic rings. The van der Waals surface area contributed by atoms with Crippen LogP contribution in [0.1, 0.15) is 49.1 Å². The minimum absolute atomic E-state index is 0.0787. The molecular weight excluding hydrogens is 328 g/mol. The molecule has 0 saturated carbocycles. The highest BCUT2D eigenvalue weighted by Crippen LogP contribution is 2.46. The molecule has 1 unspecified atom stereocenters. The predicted molar refractivity (Wildman–Crippen MR) is 101 cm³/mol. The molecule has 0 aromatic heterocycles. The van der Waals surface area contributed by atoms with Gasteiger partial charge in [-0.3, -0.25) is 0 Å². The van der Waals surface area contributed by atoms with E-state index in [1.54, 1.807) is 12.1 Å². The lowest BCUT2D eigenvalue weighted by atomic mass is 9.78. The van der Waals surface area contributed by atoms with Crippen LogP contribution in [-0.2, 0) is 0 Å². The first-order valence-corrected chi connectivity index (χ1v) is 9.79. The molecule has 2 heterocycles. The molecule has 0 spiro atoms. The van der Waals surface area contributed by atoms with Crippen LogP contribution in [-0.4, -0.2) is 30.7 Å². The lowest BCUT2D eigenvalue weighted by molar-refractivity contribution is -0.931. The zero-order valence-electron chi connectivity index (χ0n) is 15.7. The van der Waals surface area contributed by atoms with Crippen LogP contribution in [0.5, 0.6) is 0 Å². The van der Waals surface area contributed by atoms with Crippen molar-refractivity contribution in [2.24, 2.45) is 5.92 Å². The van der Waals surface area contributed by atoms with Crippen LogP contribution in [0.3, 0.4) is 0 Å². The molecule has 2 saturated heterocycles. The Balaban J connectivity index is 1.64. The smallest absolute Gasteiger partial charge is 0.162 e. The Kier molecular flexibility index (Phi) is 4.60. The van der Waals surface area contributed by atoms with Crippen LogP contribution in [0.25, 0.3) is 0 Å². The Hall–Kier alpha value is -1.74. The summed E-state index contributed by atoms with van der Waals surface area (Å²) in [5.74, 6) is -0.933. The summed E-state index contributed by atoms with van der Waals surface area (Å²) in [5.41, 5.74) is 1.59. The number of hydrogen-bond donors (Lipinski definition) is 0. The van der Waals surface area contributed by atoms with Crippen LogP contribution in [0.4, 0.5) is 8.78 Å². The van der Waals surface area contributed by atoms with Gasteiger partial charge in [-0.1, -0.05) is 42.5 Å². The summed E-state index contributed by atoms with van der Waals surface area (Å²) < 4.78 is 29.6. The molecule has 2 aromatic carbocycles. The van der Waals surface area contributed by atoms with Gasteiger partial charge < -0.3 is 4.48 Å². The molecule has 3 atom stereocenters. The van der Waals surface area contributed by atoms with Gasteiger partial charge in [-0.15, -0.1) is 0 Å². The van der Waals surface area contributed by atoms with Gasteiger partial charge in [0.1, 0.15) is 0 Å². The van der Waals surface area contributed by atoms with Crippen LogP contribution in [0, 0.1) is 17.6 Å². The number of quaternary nitrogens is 1. The van der Waals surface area contributed by atoms with Crippen molar-refractivity contribution in [3.63, 3.8) is 0 Å². The third-order valence-electron chi connectivity index (χ3n) is 7.05. The molecule has 0 radical (unpaired) electrons. The van der Waals surface area contributed by atoms with Crippen LogP contribution < -0.4 is 0 Å². The van der Waals surface area contributed by atoms with Crippen molar-refractivity contribution in [1.82, 2.24) is 0 Å². The van der Waals surface area contributed by atoms with Crippen molar-refractivity contribution in [2.75, 3.05) is 14.1 Å². The monoisotopic (exact) mass is 356 g/mol. The third kappa shape index (κ3) is 3.07. The Morgan fingerprint density at radius 1 is 0.923 bits per heavy atom. The maximum Gasteiger partial charge on any atom is 0.162 e. The number of hydrogen-bond acceptors (Lipinski definition) is 0. The topological polar surface area (TPSA) is 0 Å². The summed E-state index contributed by atoms with van der Waals surface area (Å²) in [6.07, 6.45) is 5.90. The number of fused-ring (bicyclic) bond motifs is 2. The molecule has 26 heavy (non-hydrogen) atoms. The Labute approximate surface area is 155 Å². The number of piperidine rings is 1. The van der Waals surface area contributed by atoms with Gasteiger partial charge in [0.25, 0.3) is 0 Å². The molecule has 1 nitrogen and oxygen atoms in total. The van der Waals surface area contributed by atoms with E-state index in [1.807, 2.05) is 30.3 Å². The van der Waals surface area contributed by atoms with Crippen LogP contribution in [0.2, 0.25) is 0 Å². The van der Waals surface area contributed by atoms with E-state index >= 15 is 0 Å². The molecule has 4 rings (SSSR count). The van der Waals surface area contributed by atoms with Gasteiger partial charge in [-0.2, -0.15) is 0 Å². The normalized spacial score (nSPS) is 28.1. The summed E-state index contributed by atoms with van der Waals surface area (Å²) in [7, 11) is 4.72. The van der Waals surface area contributed by atoms with E-state index < -0.39 is 11.6 Å². The first kappa shape index (κ1) is 17.7. The van der Waals surface area contributed by atoms with Gasteiger partial charge in [0.2, 0.25) is 0 Å². The van der Waals surface area contributed by atoms with Crippen LogP contribution in [0.15, 0.2) is 48.5 Å². The van der Waals surface area contributed by atoms with Crippen molar-refractivity contribution < 1.29 is 13.3 Å². The Bertz CT molecular complexity index is 755. The number of nitrogens with zero attached hydrogens (tertiary/aromatic N) is 1. The second kappa shape index (κ2) is 6.77. The summed E-state index contributed by atoms with van der Waals surface area (Å²) in [6.45, 7) is 0. The highest BCUT2D eigenvalue weighted by molar-refractivity contribution is 5.34. The van der Waals surface area contributed by atoms with Gasteiger partial charge in [-0.05, 0) is 29.5 Å². The molecule has 2 bridgehead atoms. The zero-order chi connectivity index (χ0) is 18.3. The fourth-order valence-corrected chi connectivity index (χ4v) is 5.44. The maximum absolute atomic E-state index is 14.6. The zero-order valence-corrected chi connectivity index (χ0v) is 15.7. The quantitative estimate of drug-likeness (QED) is 0.634. The largest absolute Gasteiger partial charge is 0.324 e. The SMILES string of the molecule is C[N+]1(C)[C@H]2CC[C@H]1CC(CC(c1ccccc1)c1cccc(F)c1F)C2. The van der Waals surface area contributed by atoms with Crippen molar-refractivity contribution in [3.8, 4) is 0 Å². The van der Waals surface area contributed by atoms with Gasteiger partial charge in [0, 0.05) is 31.6 Å². The minimum Gasteiger partial charge on any atom is -0.324 e. The lowest BCUT2D eigenvalue weighted by Gasteiger charge is -2.45. The van der Waals surface area contributed by atoms with Gasteiger partial charge in [0.15, 0.2) is 11.6 Å². The molecule has 0 N–H and O–H groups in total. The molecular formula is C23H28F2N+. The van der Waals surface area contributed by atoms with Crippen molar-refractivity contribution in [3.05, 3.63) is 71.3 Å². The molecule has 2 aromatic rings. The second-order valence-electron chi connectivity index (χ2n) is 8.69. The Morgan fingerprint density at radius 2 is 1.58 bits per heavy atom. The number of benzene rings is 2. The lowest BCUT2D eigenvalue weighted by Crippen LogP contribution is -2.54. The first-order chi connectivity index (χ1) is 12.5. The Morgan fingerprint density at radius 3 is 2.23 bits per heavy atom. The van der Waals surface area contributed by atoms with Crippen molar-refractivity contribution in [1.29, 1.82) is 0 Å². The summed E-state index contributed by atoms with van der Waals surface area (Å²) in [5, 5.41) is 0. The average Bonchev–Trinajstić information content (AvgIpc) is 2.80. The fraction of sp³-hybridized carbons (Fsp3) is 0.478. The fourth-order valence-electron chi connectivity index (χ4n) is 5.44. The summed E-state index contributed by atoms with van der Waals surface area (Å²) in [4.78, 5) is 0. The van der Waals surface area contributed by atoms with Gasteiger partial charge in [0.05, 0.1) is 26.2 Å². The molecule has 2 fully saturated rings. The third-order valence-corrected chi connectivity index (χ3v) is 7.05. The number of rotatable bonds is 4. The molecule has 2 aliphatic heterocycles. The van der Waals surface area contributed by atoms with Crippen LogP contribution >= 0.6 is 0 Å². The van der Waals surface area contributed by atoms with E-state index in [4.69, 9.17) is 0 Å². The summed E-state index contributed by atoms with van der Waals surface area (Å²) in [6, 6.07) is 16.1. The second-order valence-corrected chi connectivity index (χ2v) is 8.69. The first-order valence-electron chi connectivity index (χ1n) is 9.79. The maximum atomic E-state index is 14.6. The highest BCUT2D eigenvalue weighted by atomic mass is 19.2. The summed E-state index contributed by atoms with van der Waals surface area (Å²) >= 11 is 0. The van der Waals surface area contributed by atoms with Gasteiger partial charge >= 0.3 is 0 Å². The van der Waals surface area contributed by atoms with Crippen molar-refractivity contribution in [2.45, 2.75) is 50.1 Å². The van der Waals surface area contributed by atoms with E-state index in [0.717, 1.165) is 16.5 Å². The number of halogens is 2. The van der Waals surface area contributed by atoms with E-state index in [0.29, 0.717) is 23.6 Å². The van der Waals surface area contributed by atoms with E-state index in [2.05, 4.69) is 14.1 Å². The van der Waals surface area contributed by atoms with Gasteiger partial charge in [-0.25, -0.2) is 8.78 Å². The predicted octanol–water partition coefficient (Wildman–Crippen LogP) is 5.50. The standard InChI is InChI=1S/C23H28F2N/c1-26(2)18-11-12-19(26)14-16(13-18)15-21(17-7-4-3-5-8-17)20-9-6-10-22(24)23(20)25/h3-10,16,18-19,21H,11-15H2,1-2H3/q+1/t18-,19-,21?/m0/s1. The van der Waals surface area contributed by atoms with E-state index in [-0.39, 0.29) is 5.92 Å². The minimum atomic E-state index is -0.745. The molecule has 3 heteroatoms. The highest BCUT2D eigenvalue weighted by Gasteiger charge is 2.49. The van der Waals surface area contributed by atoms with Crippen molar-refractivity contribution >= 4 is 0 Å². The molecule has 0 amide bonds. The van der Waals surface area contributed by atoms with E-state index in [9.17, 15) is 8.78 Å². The van der Waals surface area contributed by atoms with E-state index in [1.165, 1.54) is 31.7 Å². The molecule has 138 valence electrons.